The van der Waals surface area contributed by atoms with Crippen LogP contribution in [0.15, 0.2) is 77.3 Å². The predicted molar refractivity (Wildman–Crippen MR) is 101 cm³/mol. The van der Waals surface area contributed by atoms with E-state index in [1.807, 2.05) is 72.8 Å². The van der Waals surface area contributed by atoms with Crippen LogP contribution in [0.3, 0.4) is 0 Å². The normalized spacial score (nSPS) is 10.4. The van der Waals surface area contributed by atoms with Crippen molar-refractivity contribution in [3.63, 3.8) is 0 Å². The van der Waals surface area contributed by atoms with Gasteiger partial charge >= 0.3 is 0 Å². The average Bonchev–Trinajstić information content (AvgIpc) is 2.63. The van der Waals surface area contributed by atoms with Gasteiger partial charge in [-0.2, -0.15) is 0 Å². The van der Waals surface area contributed by atoms with Crippen LogP contribution in [0.25, 0.3) is 0 Å². The lowest BCUT2D eigenvalue weighted by Crippen LogP contribution is -1.99. The molecule has 0 spiro atoms. The van der Waals surface area contributed by atoms with Gasteiger partial charge in [0.15, 0.2) is 5.75 Å². The summed E-state index contributed by atoms with van der Waals surface area (Å²) in [6.07, 6.45) is 0. The van der Waals surface area contributed by atoms with Crippen molar-refractivity contribution in [2.45, 2.75) is 13.2 Å². The van der Waals surface area contributed by atoms with Crippen LogP contribution >= 0.6 is 27.5 Å². The first kappa shape index (κ1) is 16.9. The molecule has 3 aromatic carbocycles. The first-order chi connectivity index (χ1) is 11.7. The molecule has 3 rings (SSSR count). The summed E-state index contributed by atoms with van der Waals surface area (Å²) in [5.74, 6) is 1.19. The van der Waals surface area contributed by atoms with E-state index in [0.717, 1.165) is 15.6 Å². The Morgan fingerprint density at radius 1 is 0.708 bits per heavy atom. The van der Waals surface area contributed by atoms with Gasteiger partial charge in [-0.15, -0.1) is 0 Å². The van der Waals surface area contributed by atoms with Crippen molar-refractivity contribution in [2.75, 3.05) is 0 Å². The average molecular weight is 404 g/mol. The van der Waals surface area contributed by atoms with Gasteiger partial charge in [0.1, 0.15) is 24.0 Å². The molecule has 122 valence electrons. The Morgan fingerprint density at radius 2 is 1.25 bits per heavy atom. The summed E-state index contributed by atoms with van der Waals surface area (Å²) in [6.45, 7) is 0.904. The van der Waals surface area contributed by atoms with E-state index >= 15 is 0 Å². The minimum Gasteiger partial charge on any atom is -0.487 e. The molecule has 0 aromatic heterocycles. The first-order valence-electron chi connectivity index (χ1n) is 7.55. The molecule has 0 amide bonds. The predicted octanol–water partition coefficient (Wildman–Crippen LogP) is 6.26. The fraction of sp³-hybridized carbons (Fsp3) is 0.100. The Kier molecular flexibility index (Phi) is 5.78. The quantitative estimate of drug-likeness (QED) is 0.483. The molecule has 0 bridgehead atoms. The van der Waals surface area contributed by atoms with Gasteiger partial charge in [-0.05, 0) is 39.2 Å². The van der Waals surface area contributed by atoms with Crippen molar-refractivity contribution in [1.82, 2.24) is 0 Å². The van der Waals surface area contributed by atoms with Crippen LogP contribution in [-0.2, 0) is 13.2 Å². The molecule has 0 saturated carbocycles. The number of halogens is 2. The van der Waals surface area contributed by atoms with Crippen molar-refractivity contribution < 1.29 is 9.47 Å². The highest BCUT2D eigenvalue weighted by Crippen LogP contribution is 2.40. The van der Waals surface area contributed by atoms with Crippen LogP contribution in [-0.4, -0.2) is 0 Å². The van der Waals surface area contributed by atoms with E-state index in [1.54, 1.807) is 0 Å². The molecular formula is C20H16BrClO2. The Labute approximate surface area is 155 Å². The standard InChI is InChI=1S/C20H16BrClO2/c21-17-11-12-18(23-13-15-7-3-1-4-8-15)19(22)20(17)24-14-16-9-5-2-6-10-16/h1-12H,13-14H2. The van der Waals surface area contributed by atoms with E-state index in [2.05, 4.69) is 15.9 Å². The third kappa shape index (κ3) is 4.31. The molecule has 0 aliphatic carbocycles. The summed E-state index contributed by atoms with van der Waals surface area (Å²) in [7, 11) is 0. The molecule has 4 heteroatoms. The SMILES string of the molecule is Clc1c(OCc2ccccc2)ccc(Br)c1OCc1ccccc1. The van der Waals surface area contributed by atoms with E-state index in [4.69, 9.17) is 21.1 Å². The summed E-state index contributed by atoms with van der Waals surface area (Å²) in [5.41, 5.74) is 2.17. The maximum Gasteiger partial charge on any atom is 0.156 e. The highest BCUT2D eigenvalue weighted by Gasteiger charge is 2.13. The van der Waals surface area contributed by atoms with Gasteiger partial charge in [0.05, 0.1) is 4.47 Å². The molecule has 0 saturated heterocycles. The van der Waals surface area contributed by atoms with Crippen LogP contribution in [0.4, 0.5) is 0 Å². The summed E-state index contributed by atoms with van der Waals surface area (Å²) in [4.78, 5) is 0. The molecule has 0 fully saturated rings. The second-order valence-electron chi connectivity index (χ2n) is 5.24. The molecule has 0 atom stereocenters. The van der Waals surface area contributed by atoms with Crippen molar-refractivity contribution in [3.05, 3.63) is 93.4 Å². The van der Waals surface area contributed by atoms with E-state index in [-0.39, 0.29) is 0 Å². The summed E-state index contributed by atoms with van der Waals surface area (Å²) < 4.78 is 12.5. The second-order valence-corrected chi connectivity index (χ2v) is 6.47. The zero-order valence-corrected chi connectivity index (χ0v) is 15.3. The summed E-state index contributed by atoms with van der Waals surface area (Å²) >= 11 is 9.95. The molecule has 24 heavy (non-hydrogen) atoms. The lowest BCUT2D eigenvalue weighted by atomic mass is 10.2. The largest absolute Gasteiger partial charge is 0.487 e. The minimum atomic E-state index is 0.446. The molecule has 3 aromatic rings. The third-order valence-corrected chi connectivity index (χ3v) is 4.46. The number of rotatable bonds is 6. The number of benzene rings is 3. The lowest BCUT2D eigenvalue weighted by Gasteiger charge is -2.14. The molecule has 2 nitrogen and oxygen atoms in total. The maximum atomic E-state index is 6.47. The van der Waals surface area contributed by atoms with Crippen molar-refractivity contribution in [2.24, 2.45) is 0 Å². The van der Waals surface area contributed by atoms with Crippen LogP contribution in [0.1, 0.15) is 11.1 Å². The third-order valence-electron chi connectivity index (χ3n) is 3.48. The van der Waals surface area contributed by atoms with Crippen LogP contribution < -0.4 is 9.47 Å². The summed E-state index contributed by atoms with van der Waals surface area (Å²) in [6, 6.07) is 23.7. The maximum absolute atomic E-state index is 6.47. The van der Waals surface area contributed by atoms with E-state index < -0.39 is 0 Å². The highest BCUT2D eigenvalue weighted by molar-refractivity contribution is 9.10. The lowest BCUT2D eigenvalue weighted by molar-refractivity contribution is 0.289. The minimum absolute atomic E-state index is 0.446. The molecular weight excluding hydrogens is 388 g/mol. The monoisotopic (exact) mass is 402 g/mol. The van der Waals surface area contributed by atoms with E-state index in [0.29, 0.717) is 29.7 Å². The van der Waals surface area contributed by atoms with Gasteiger partial charge < -0.3 is 9.47 Å². The molecule has 0 radical (unpaired) electrons. The smallest absolute Gasteiger partial charge is 0.156 e. The molecule has 0 aliphatic rings. The van der Waals surface area contributed by atoms with Crippen molar-refractivity contribution in [1.29, 1.82) is 0 Å². The van der Waals surface area contributed by atoms with Crippen LogP contribution in [0.2, 0.25) is 5.02 Å². The second kappa shape index (κ2) is 8.22. The van der Waals surface area contributed by atoms with E-state index in [9.17, 15) is 0 Å². The zero-order valence-electron chi connectivity index (χ0n) is 12.9. The molecule has 0 aliphatic heterocycles. The molecule has 0 N–H and O–H groups in total. The van der Waals surface area contributed by atoms with E-state index in [1.165, 1.54) is 0 Å². The number of hydrogen-bond donors (Lipinski definition) is 0. The fourth-order valence-electron chi connectivity index (χ4n) is 2.22. The topological polar surface area (TPSA) is 18.5 Å². The molecule has 0 heterocycles. The highest BCUT2D eigenvalue weighted by atomic mass is 79.9. The van der Waals surface area contributed by atoms with Gasteiger partial charge in [0, 0.05) is 0 Å². The zero-order chi connectivity index (χ0) is 16.8. The Balaban J connectivity index is 1.72. The van der Waals surface area contributed by atoms with Crippen LogP contribution in [0, 0.1) is 0 Å². The summed E-state index contributed by atoms with van der Waals surface area (Å²) in [5, 5.41) is 0.469. The Morgan fingerprint density at radius 3 is 1.83 bits per heavy atom. The first-order valence-corrected chi connectivity index (χ1v) is 8.72. The number of ether oxygens (including phenoxy) is 2. The van der Waals surface area contributed by atoms with Crippen molar-refractivity contribution in [3.8, 4) is 11.5 Å². The van der Waals surface area contributed by atoms with Gasteiger partial charge in [0.2, 0.25) is 0 Å². The Hall–Kier alpha value is -1.97. The van der Waals surface area contributed by atoms with Crippen molar-refractivity contribution >= 4 is 27.5 Å². The van der Waals surface area contributed by atoms with Gasteiger partial charge in [0.25, 0.3) is 0 Å². The van der Waals surface area contributed by atoms with Gasteiger partial charge in [-0.25, -0.2) is 0 Å². The number of hydrogen-bond acceptors (Lipinski definition) is 2. The van der Waals surface area contributed by atoms with Gasteiger partial charge in [-0.3, -0.25) is 0 Å². The fourth-order valence-corrected chi connectivity index (χ4v) is 3.06. The van der Waals surface area contributed by atoms with Crippen LogP contribution in [0.5, 0.6) is 11.5 Å². The van der Waals surface area contributed by atoms with Gasteiger partial charge in [-0.1, -0.05) is 72.3 Å². The Bertz CT molecular complexity index is 791. The molecule has 0 unspecified atom stereocenters.